The molecule has 160 valence electrons. The van der Waals surface area contributed by atoms with E-state index in [-0.39, 0.29) is 24.3 Å². The Bertz CT molecular complexity index is 972. The van der Waals surface area contributed by atoms with Crippen molar-refractivity contribution in [3.05, 3.63) is 46.8 Å². The summed E-state index contributed by atoms with van der Waals surface area (Å²) in [7, 11) is 0. The minimum atomic E-state index is -0.910. The van der Waals surface area contributed by atoms with Gasteiger partial charge in [-0.15, -0.1) is 0 Å². The van der Waals surface area contributed by atoms with E-state index in [9.17, 15) is 18.4 Å². The molecule has 0 bridgehead atoms. The van der Waals surface area contributed by atoms with Gasteiger partial charge in [0.2, 0.25) is 11.8 Å². The Hall–Kier alpha value is -2.81. The molecule has 2 atom stereocenters. The van der Waals surface area contributed by atoms with Crippen LogP contribution >= 0.6 is 0 Å². The van der Waals surface area contributed by atoms with E-state index in [1.54, 1.807) is 13.0 Å². The number of hydrogen-bond donors (Lipinski definition) is 3. The van der Waals surface area contributed by atoms with Crippen molar-refractivity contribution in [2.75, 3.05) is 25.0 Å². The largest absolute Gasteiger partial charge is 0.349 e. The van der Waals surface area contributed by atoms with Gasteiger partial charge in [-0.2, -0.15) is 5.10 Å². The lowest BCUT2D eigenvalue weighted by molar-refractivity contribution is -0.125. The number of aromatic amines is 1. The standard InChI is InChI=1S/C21H25F2N5O2/c1-12-20(13(2)27-26-12)24-19(30)10-28-9-15(14-5-6-16(22)17(23)8-14)21(11-28)7-3-4-18(29)25-21/h5-6,8,15H,3-4,7,9-11H2,1-2H3,(H,24,30)(H,25,29)(H,26,27)/t15-,21+/m0/s1. The molecule has 30 heavy (non-hydrogen) atoms. The highest BCUT2D eigenvalue weighted by Gasteiger charge is 2.49. The molecule has 1 aromatic heterocycles. The summed E-state index contributed by atoms with van der Waals surface area (Å²) in [5, 5.41) is 12.9. The fourth-order valence-corrected chi connectivity index (χ4v) is 4.74. The second-order valence-electron chi connectivity index (χ2n) is 8.31. The predicted octanol–water partition coefficient (Wildman–Crippen LogP) is 2.38. The van der Waals surface area contributed by atoms with Crippen LogP contribution < -0.4 is 10.6 Å². The number of amides is 2. The summed E-state index contributed by atoms with van der Waals surface area (Å²) in [5.74, 6) is -2.29. The van der Waals surface area contributed by atoms with Gasteiger partial charge in [0.1, 0.15) is 0 Å². The number of likely N-dealkylation sites (tertiary alicyclic amines) is 1. The second kappa shape index (κ2) is 7.79. The van der Waals surface area contributed by atoms with E-state index < -0.39 is 17.2 Å². The smallest absolute Gasteiger partial charge is 0.238 e. The van der Waals surface area contributed by atoms with Crippen molar-refractivity contribution < 1.29 is 18.4 Å². The Morgan fingerprint density at radius 3 is 2.80 bits per heavy atom. The second-order valence-corrected chi connectivity index (χ2v) is 8.31. The normalized spacial score (nSPS) is 24.3. The first-order valence-electron chi connectivity index (χ1n) is 10.1. The molecule has 3 heterocycles. The van der Waals surface area contributed by atoms with E-state index in [0.717, 1.165) is 24.6 Å². The fraction of sp³-hybridized carbons (Fsp3) is 0.476. The lowest BCUT2D eigenvalue weighted by atomic mass is 9.76. The zero-order valence-corrected chi connectivity index (χ0v) is 17.0. The molecule has 3 N–H and O–H groups in total. The summed E-state index contributed by atoms with van der Waals surface area (Å²) < 4.78 is 27.4. The molecule has 9 heteroatoms. The van der Waals surface area contributed by atoms with Gasteiger partial charge in [0, 0.05) is 25.4 Å². The summed E-state index contributed by atoms with van der Waals surface area (Å²) in [6.07, 6.45) is 1.89. The number of piperidine rings is 1. The minimum Gasteiger partial charge on any atom is -0.349 e. The van der Waals surface area contributed by atoms with Crippen molar-refractivity contribution in [3.63, 3.8) is 0 Å². The van der Waals surface area contributed by atoms with Crippen molar-refractivity contribution >= 4 is 17.5 Å². The molecule has 2 amide bonds. The van der Waals surface area contributed by atoms with Gasteiger partial charge in [-0.3, -0.25) is 19.6 Å². The molecule has 0 aliphatic carbocycles. The number of nitrogens with zero attached hydrogens (tertiary/aromatic N) is 2. The highest BCUT2D eigenvalue weighted by molar-refractivity contribution is 5.93. The third kappa shape index (κ3) is 3.81. The maximum absolute atomic E-state index is 13.9. The molecule has 4 rings (SSSR count). The SMILES string of the molecule is Cc1n[nH]c(C)c1NC(=O)CN1C[C@@H](c2ccc(F)c(F)c2)[C@@]2(CCCC(=O)N2)C1. The molecular weight excluding hydrogens is 392 g/mol. The van der Waals surface area contributed by atoms with Crippen LogP contribution in [-0.2, 0) is 9.59 Å². The van der Waals surface area contributed by atoms with Gasteiger partial charge in [-0.25, -0.2) is 8.78 Å². The van der Waals surface area contributed by atoms with Crippen molar-refractivity contribution in [2.24, 2.45) is 0 Å². The predicted molar refractivity (Wildman–Crippen MR) is 107 cm³/mol. The molecule has 2 aliphatic rings. The highest BCUT2D eigenvalue weighted by Crippen LogP contribution is 2.41. The van der Waals surface area contributed by atoms with Gasteiger partial charge in [-0.1, -0.05) is 6.07 Å². The Kier molecular flexibility index (Phi) is 5.31. The van der Waals surface area contributed by atoms with Crippen LogP contribution in [0.15, 0.2) is 18.2 Å². The van der Waals surface area contributed by atoms with Gasteiger partial charge >= 0.3 is 0 Å². The molecule has 0 unspecified atom stereocenters. The van der Waals surface area contributed by atoms with Crippen LogP contribution in [0.1, 0.15) is 42.1 Å². The highest BCUT2D eigenvalue weighted by atomic mass is 19.2. The van der Waals surface area contributed by atoms with Crippen LogP contribution in [0.4, 0.5) is 14.5 Å². The molecular formula is C21H25F2N5O2. The number of aryl methyl sites for hydroxylation is 2. The van der Waals surface area contributed by atoms with E-state index in [4.69, 9.17) is 0 Å². The van der Waals surface area contributed by atoms with Crippen LogP contribution in [0.5, 0.6) is 0 Å². The van der Waals surface area contributed by atoms with E-state index in [1.165, 1.54) is 6.07 Å². The number of carbonyl (C=O) groups is 2. The number of hydrogen-bond acceptors (Lipinski definition) is 4. The van der Waals surface area contributed by atoms with Crippen molar-refractivity contribution in [1.82, 2.24) is 20.4 Å². The van der Waals surface area contributed by atoms with E-state index in [0.29, 0.717) is 36.5 Å². The van der Waals surface area contributed by atoms with Gasteiger partial charge in [0.25, 0.3) is 0 Å². The number of anilines is 1. The number of nitrogens with one attached hydrogen (secondary N) is 3. The number of carbonyl (C=O) groups excluding carboxylic acids is 2. The Morgan fingerprint density at radius 1 is 1.33 bits per heavy atom. The zero-order valence-electron chi connectivity index (χ0n) is 17.0. The summed E-state index contributed by atoms with van der Waals surface area (Å²) in [5.41, 5.74) is 2.18. The first-order valence-corrected chi connectivity index (χ1v) is 10.1. The lowest BCUT2D eigenvalue weighted by Gasteiger charge is -2.39. The molecule has 1 spiro atoms. The topological polar surface area (TPSA) is 90.1 Å². The van der Waals surface area contributed by atoms with Gasteiger partial charge in [-0.05, 0) is 44.4 Å². The quantitative estimate of drug-likeness (QED) is 0.713. The number of aromatic nitrogens is 2. The summed E-state index contributed by atoms with van der Waals surface area (Å²) in [4.78, 5) is 26.8. The Labute approximate surface area is 173 Å². The molecule has 2 fully saturated rings. The first kappa shape index (κ1) is 20.5. The monoisotopic (exact) mass is 417 g/mol. The van der Waals surface area contributed by atoms with Gasteiger partial charge in [0.05, 0.1) is 29.2 Å². The van der Waals surface area contributed by atoms with Crippen molar-refractivity contribution in [3.8, 4) is 0 Å². The van der Waals surface area contributed by atoms with Crippen LogP contribution in [-0.4, -0.2) is 52.1 Å². The van der Waals surface area contributed by atoms with Crippen LogP contribution in [0.3, 0.4) is 0 Å². The lowest BCUT2D eigenvalue weighted by Crippen LogP contribution is -2.56. The molecule has 0 saturated carbocycles. The first-order chi connectivity index (χ1) is 14.3. The maximum Gasteiger partial charge on any atom is 0.238 e. The Balaban J connectivity index is 1.55. The van der Waals surface area contributed by atoms with Gasteiger partial charge < -0.3 is 10.6 Å². The van der Waals surface area contributed by atoms with E-state index in [2.05, 4.69) is 20.8 Å². The fourth-order valence-electron chi connectivity index (χ4n) is 4.74. The summed E-state index contributed by atoms with van der Waals surface area (Å²) >= 11 is 0. The van der Waals surface area contributed by atoms with E-state index in [1.807, 2.05) is 11.8 Å². The average Bonchev–Trinajstić information content (AvgIpc) is 3.18. The summed E-state index contributed by atoms with van der Waals surface area (Å²) in [6.45, 7) is 4.70. The van der Waals surface area contributed by atoms with Crippen LogP contribution in [0, 0.1) is 25.5 Å². The zero-order chi connectivity index (χ0) is 21.5. The van der Waals surface area contributed by atoms with Gasteiger partial charge in [0.15, 0.2) is 11.6 Å². The number of benzene rings is 1. The number of halogens is 2. The molecule has 7 nitrogen and oxygen atoms in total. The molecule has 2 aromatic rings. The van der Waals surface area contributed by atoms with Crippen LogP contribution in [0.2, 0.25) is 0 Å². The maximum atomic E-state index is 13.9. The molecule has 1 aromatic carbocycles. The molecule has 2 saturated heterocycles. The van der Waals surface area contributed by atoms with Crippen molar-refractivity contribution in [2.45, 2.75) is 44.6 Å². The average molecular weight is 417 g/mol. The number of rotatable bonds is 4. The Morgan fingerprint density at radius 2 is 2.13 bits per heavy atom. The van der Waals surface area contributed by atoms with Crippen molar-refractivity contribution in [1.29, 1.82) is 0 Å². The summed E-state index contributed by atoms with van der Waals surface area (Å²) in [6, 6.07) is 3.88. The van der Waals surface area contributed by atoms with E-state index >= 15 is 0 Å². The minimum absolute atomic E-state index is 0.0511. The third-order valence-electron chi connectivity index (χ3n) is 6.13. The molecule has 2 aliphatic heterocycles. The third-order valence-corrected chi connectivity index (χ3v) is 6.13. The molecule has 0 radical (unpaired) electrons. The van der Waals surface area contributed by atoms with Crippen LogP contribution in [0.25, 0.3) is 0 Å². The number of H-pyrrole nitrogens is 1.